The average molecular weight is 397 g/mol. The first-order valence-electron chi connectivity index (χ1n) is 8.75. The zero-order valence-corrected chi connectivity index (χ0v) is 16.8. The van der Waals surface area contributed by atoms with Gasteiger partial charge in [-0.1, -0.05) is 0 Å². The molecule has 29 heavy (non-hydrogen) atoms. The number of hydrazone groups is 1. The minimum absolute atomic E-state index is 0.202. The van der Waals surface area contributed by atoms with Crippen molar-refractivity contribution in [2.45, 2.75) is 6.42 Å². The lowest BCUT2D eigenvalue weighted by atomic mass is 10.1. The SMILES string of the molecule is COC(=O)/C(CC(=O)c1ccc(OC)cc1)=N\NC(=O)c1ccc(N(C)C)cc1. The van der Waals surface area contributed by atoms with Gasteiger partial charge in [0.1, 0.15) is 5.75 Å². The number of nitrogens with one attached hydrogen (secondary N) is 1. The smallest absolute Gasteiger partial charge is 0.354 e. The normalized spacial score (nSPS) is 10.8. The number of nitrogens with zero attached hydrogens (tertiary/aromatic N) is 2. The molecule has 0 aliphatic rings. The van der Waals surface area contributed by atoms with E-state index in [2.05, 4.69) is 15.3 Å². The van der Waals surface area contributed by atoms with E-state index >= 15 is 0 Å². The second-order valence-electron chi connectivity index (χ2n) is 6.26. The van der Waals surface area contributed by atoms with Crippen molar-refractivity contribution in [1.29, 1.82) is 0 Å². The van der Waals surface area contributed by atoms with Gasteiger partial charge in [0.15, 0.2) is 11.5 Å². The van der Waals surface area contributed by atoms with Gasteiger partial charge in [0, 0.05) is 30.9 Å². The minimum Gasteiger partial charge on any atom is -0.497 e. The third kappa shape index (κ3) is 5.90. The summed E-state index contributed by atoms with van der Waals surface area (Å²) in [6.45, 7) is 0. The molecule has 0 aliphatic carbocycles. The Labute approximate surface area is 169 Å². The lowest BCUT2D eigenvalue weighted by molar-refractivity contribution is -0.132. The zero-order chi connectivity index (χ0) is 21.4. The molecular formula is C21H23N3O5. The fourth-order valence-corrected chi connectivity index (χ4v) is 2.40. The largest absolute Gasteiger partial charge is 0.497 e. The van der Waals surface area contributed by atoms with Crippen LogP contribution in [-0.2, 0) is 9.53 Å². The van der Waals surface area contributed by atoms with E-state index in [1.807, 2.05) is 19.0 Å². The minimum atomic E-state index is -0.796. The molecular weight excluding hydrogens is 374 g/mol. The summed E-state index contributed by atoms with van der Waals surface area (Å²) in [6, 6.07) is 13.3. The van der Waals surface area contributed by atoms with Crippen molar-refractivity contribution in [1.82, 2.24) is 5.43 Å². The van der Waals surface area contributed by atoms with Gasteiger partial charge in [0.2, 0.25) is 0 Å². The summed E-state index contributed by atoms with van der Waals surface area (Å²) < 4.78 is 9.72. The summed E-state index contributed by atoms with van der Waals surface area (Å²) in [5.41, 5.74) is 3.78. The summed E-state index contributed by atoms with van der Waals surface area (Å²) in [6.07, 6.45) is -0.321. The zero-order valence-electron chi connectivity index (χ0n) is 16.8. The van der Waals surface area contributed by atoms with E-state index in [1.165, 1.54) is 14.2 Å². The van der Waals surface area contributed by atoms with Gasteiger partial charge in [-0.25, -0.2) is 10.2 Å². The van der Waals surface area contributed by atoms with Crippen LogP contribution >= 0.6 is 0 Å². The summed E-state index contributed by atoms with van der Waals surface area (Å²) in [5, 5.41) is 3.81. The number of anilines is 1. The molecule has 0 atom stereocenters. The predicted molar refractivity (Wildman–Crippen MR) is 110 cm³/mol. The Hall–Kier alpha value is -3.68. The van der Waals surface area contributed by atoms with Crippen molar-refractivity contribution in [2.75, 3.05) is 33.2 Å². The molecule has 0 saturated heterocycles. The molecule has 0 fully saturated rings. The fourth-order valence-electron chi connectivity index (χ4n) is 2.40. The van der Waals surface area contributed by atoms with Gasteiger partial charge in [-0.15, -0.1) is 0 Å². The number of Topliss-reactive ketones (excluding diaryl/α,β-unsaturated/α-hetero) is 1. The monoisotopic (exact) mass is 397 g/mol. The molecule has 0 spiro atoms. The van der Waals surface area contributed by atoms with E-state index in [9.17, 15) is 14.4 Å². The Balaban J connectivity index is 2.11. The van der Waals surface area contributed by atoms with Crippen LogP contribution in [0.3, 0.4) is 0 Å². The van der Waals surface area contributed by atoms with Crippen LogP contribution in [0.4, 0.5) is 5.69 Å². The molecule has 8 heteroatoms. The molecule has 2 aromatic carbocycles. The van der Waals surface area contributed by atoms with Crippen LogP contribution in [-0.4, -0.2) is 51.7 Å². The molecule has 8 nitrogen and oxygen atoms in total. The molecule has 0 aliphatic heterocycles. The Morgan fingerprint density at radius 2 is 1.52 bits per heavy atom. The summed E-state index contributed by atoms with van der Waals surface area (Å²) >= 11 is 0. The fraction of sp³-hybridized carbons (Fsp3) is 0.238. The van der Waals surface area contributed by atoms with Gasteiger partial charge in [0.05, 0.1) is 20.6 Å². The van der Waals surface area contributed by atoms with E-state index in [-0.39, 0.29) is 17.9 Å². The van der Waals surface area contributed by atoms with Crippen LogP contribution in [0.1, 0.15) is 27.1 Å². The number of ketones is 1. The molecule has 1 N–H and O–H groups in total. The van der Waals surface area contributed by atoms with Gasteiger partial charge in [-0.3, -0.25) is 9.59 Å². The van der Waals surface area contributed by atoms with Crippen LogP contribution in [0.25, 0.3) is 0 Å². The topological polar surface area (TPSA) is 97.3 Å². The van der Waals surface area contributed by atoms with Crippen LogP contribution in [0, 0.1) is 0 Å². The van der Waals surface area contributed by atoms with E-state index in [0.717, 1.165) is 5.69 Å². The van der Waals surface area contributed by atoms with E-state index in [1.54, 1.807) is 48.5 Å². The summed E-state index contributed by atoms with van der Waals surface area (Å²) in [5.74, 6) is -1.04. The maximum absolute atomic E-state index is 12.4. The maximum atomic E-state index is 12.4. The van der Waals surface area contributed by atoms with E-state index in [0.29, 0.717) is 16.9 Å². The first kappa shape index (κ1) is 21.6. The van der Waals surface area contributed by atoms with E-state index in [4.69, 9.17) is 4.74 Å². The third-order valence-corrected chi connectivity index (χ3v) is 4.10. The van der Waals surface area contributed by atoms with Crippen LogP contribution < -0.4 is 15.1 Å². The molecule has 0 saturated carbocycles. The number of amides is 1. The second-order valence-corrected chi connectivity index (χ2v) is 6.26. The number of carbonyl (C=O) groups is 3. The van der Waals surface area contributed by atoms with Crippen molar-refractivity contribution < 1.29 is 23.9 Å². The molecule has 152 valence electrons. The van der Waals surface area contributed by atoms with Gasteiger partial charge in [-0.2, -0.15) is 5.10 Å². The summed E-state index contributed by atoms with van der Waals surface area (Å²) in [4.78, 5) is 38.6. The van der Waals surface area contributed by atoms with Crippen molar-refractivity contribution >= 4 is 29.1 Å². The Bertz CT molecular complexity index is 903. The van der Waals surface area contributed by atoms with Crippen molar-refractivity contribution in [3.63, 3.8) is 0 Å². The number of benzene rings is 2. The van der Waals surface area contributed by atoms with Gasteiger partial charge < -0.3 is 14.4 Å². The Morgan fingerprint density at radius 3 is 2.03 bits per heavy atom. The quantitative estimate of drug-likeness (QED) is 0.318. The van der Waals surface area contributed by atoms with Crippen molar-refractivity contribution in [3.8, 4) is 5.75 Å². The van der Waals surface area contributed by atoms with Crippen LogP contribution in [0.5, 0.6) is 5.75 Å². The van der Waals surface area contributed by atoms with Crippen LogP contribution in [0.2, 0.25) is 0 Å². The predicted octanol–water partition coefficient (Wildman–Crippen LogP) is 2.29. The number of hydrogen-bond donors (Lipinski definition) is 1. The van der Waals surface area contributed by atoms with Crippen molar-refractivity contribution in [2.24, 2.45) is 5.10 Å². The molecule has 0 unspecified atom stereocenters. The highest BCUT2D eigenvalue weighted by atomic mass is 16.5. The molecule has 2 aromatic rings. The Morgan fingerprint density at radius 1 is 0.931 bits per heavy atom. The number of hydrogen-bond acceptors (Lipinski definition) is 7. The second kappa shape index (κ2) is 10.0. The summed E-state index contributed by atoms with van der Waals surface area (Å²) in [7, 11) is 6.48. The third-order valence-electron chi connectivity index (χ3n) is 4.10. The van der Waals surface area contributed by atoms with Crippen LogP contribution in [0.15, 0.2) is 53.6 Å². The average Bonchev–Trinajstić information content (AvgIpc) is 2.75. The first-order valence-corrected chi connectivity index (χ1v) is 8.75. The maximum Gasteiger partial charge on any atom is 0.354 e. The number of rotatable bonds is 8. The number of esters is 1. The van der Waals surface area contributed by atoms with Crippen molar-refractivity contribution in [3.05, 3.63) is 59.7 Å². The molecule has 0 bridgehead atoms. The number of methoxy groups -OCH3 is 2. The lowest BCUT2D eigenvalue weighted by Crippen LogP contribution is -2.26. The molecule has 1 amide bonds. The molecule has 0 aromatic heterocycles. The molecule has 0 heterocycles. The molecule has 2 rings (SSSR count). The number of ether oxygens (including phenoxy) is 2. The molecule has 0 radical (unpaired) electrons. The highest BCUT2D eigenvalue weighted by molar-refractivity contribution is 6.40. The Kier molecular flexibility index (Phi) is 7.47. The number of carbonyl (C=O) groups excluding carboxylic acids is 3. The van der Waals surface area contributed by atoms with E-state index < -0.39 is 11.9 Å². The van der Waals surface area contributed by atoms with Gasteiger partial charge >= 0.3 is 5.97 Å². The highest BCUT2D eigenvalue weighted by Gasteiger charge is 2.19. The highest BCUT2D eigenvalue weighted by Crippen LogP contribution is 2.14. The van der Waals surface area contributed by atoms with Gasteiger partial charge in [0.25, 0.3) is 5.91 Å². The first-order chi connectivity index (χ1) is 13.8. The lowest BCUT2D eigenvalue weighted by Gasteiger charge is -2.12. The van der Waals surface area contributed by atoms with Gasteiger partial charge in [-0.05, 0) is 48.5 Å². The standard InChI is InChI=1S/C21H23N3O5/c1-24(2)16-9-5-15(6-10-16)20(26)23-22-18(21(27)29-4)13-19(25)14-7-11-17(28-3)12-8-14/h5-12H,13H2,1-4H3,(H,23,26)/b22-18-.